The summed E-state index contributed by atoms with van der Waals surface area (Å²) < 4.78 is 38.5. The summed E-state index contributed by atoms with van der Waals surface area (Å²) in [6.45, 7) is 8.66. The predicted molar refractivity (Wildman–Crippen MR) is 148 cm³/mol. The summed E-state index contributed by atoms with van der Waals surface area (Å²) in [7, 11) is 0. The minimum Gasteiger partial charge on any atom is -0.463 e. The number of rotatable bonds is 23. The Kier molecular flexibility index (Phi) is 20.2. The Bertz CT molecular complexity index is 867. The molecule has 1 aliphatic rings. The predicted octanol–water partition coefficient (Wildman–Crippen LogP) is 2.24. The second-order valence-electron chi connectivity index (χ2n) is 9.77. The van der Waals surface area contributed by atoms with E-state index >= 15 is 0 Å². The fourth-order valence-electron chi connectivity index (χ4n) is 4.22. The third kappa shape index (κ3) is 17.2. The number of azide groups is 1. The molecule has 1 aliphatic heterocycles. The van der Waals surface area contributed by atoms with Gasteiger partial charge < -0.3 is 38.5 Å². The largest absolute Gasteiger partial charge is 0.463 e. The normalized spacial score (nSPS) is 21.7. The fraction of sp³-hybridized carbons (Fsp3) is 0.852. The Balaban J connectivity index is 2.29. The van der Waals surface area contributed by atoms with E-state index in [0.29, 0.717) is 78.3 Å². The van der Waals surface area contributed by atoms with Gasteiger partial charge in [-0.05, 0) is 24.8 Å². The van der Waals surface area contributed by atoms with Crippen LogP contribution in [0.3, 0.4) is 0 Å². The summed E-state index contributed by atoms with van der Waals surface area (Å²) in [5.74, 6) is -1.57. The maximum absolute atomic E-state index is 12.2. The minimum atomic E-state index is -0.857. The van der Waals surface area contributed by atoms with E-state index in [1.54, 1.807) is 6.92 Å². The number of ketones is 1. The van der Waals surface area contributed by atoms with Crippen molar-refractivity contribution in [3.05, 3.63) is 10.4 Å². The third-order valence-corrected chi connectivity index (χ3v) is 6.20. The number of unbranched alkanes of at least 4 members (excludes halogenated alkanes) is 1. The Hall–Kier alpha value is -2.81. The molecule has 0 saturated carbocycles. The van der Waals surface area contributed by atoms with Gasteiger partial charge in [-0.15, -0.1) is 0 Å². The first-order chi connectivity index (χ1) is 20.1. The number of carbonyl (C=O) groups is 4. The molecule has 1 fully saturated rings. The lowest BCUT2D eigenvalue weighted by molar-refractivity contribution is -0.262. The lowest BCUT2D eigenvalue weighted by atomic mass is 9.88. The molecule has 0 radical (unpaired) electrons. The van der Waals surface area contributed by atoms with Crippen molar-refractivity contribution in [2.45, 2.75) is 84.3 Å². The zero-order chi connectivity index (χ0) is 31.2. The summed E-state index contributed by atoms with van der Waals surface area (Å²) >= 11 is 0. The Morgan fingerprint density at radius 1 is 0.857 bits per heavy atom. The van der Waals surface area contributed by atoms with Crippen molar-refractivity contribution in [3.8, 4) is 0 Å². The van der Waals surface area contributed by atoms with Crippen molar-refractivity contribution in [2.24, 2.45) is 11.0 Å². The highest BCUT2D eigenvalue weighted by Gasteiger charge is 2.46. The van der Waals surface area contributed by atoms with Crippen molar-refractivity contribution in [3.63, 3.8) is 0 Å². The van der Waals surface area contributed by atoms with Crippen molar-refractivity contribution in [1.29, 1.82) is 0 Å². The molecule has 0 aromatic carbocycles. The molecule has 0 spiro atoms. The lowest BCUT2D eigenvalue weighted by Crippen LogP contribution is -2.62. The molecule has 5 unspecified atom stereocenters. The molecule has 240 valence electrons. The number of amides is 1. The summed E-state index contributed by atoms with van der Waals surface area (Å²) in [5.41, 5.74) is 8.15. The summed E-state index contributed by atoms with van der Waals surface area (Å²) in [5, 5.41) is 6.17. The molecule has 5 atom stereocenters. The van der Waals surface area contributed by atoms with Crippen LogP contribution in [0.1, 0.15) is 59.8 Å². The number of hydrogen-bond donors (Lipinski definition) is 1. The molecule has 15 heteroatoms. The number of ether oxygens (including phenoxy) is 7. The van der Waals surface area contributed by atoms with Gasteiger partial charge in [0.2, 0.25) is 5.91 Å². The van der Waals surface area contributed by atoms with Crippen LogP contribution in [0.5, 0.6) is 0 Å². The molecule has 0 aliphatic carbocycles. The van der Waals surface area contributed by atoms with Crippen LogP contribution >= 0.6 is 0 Å². The van der Waals surface area contributed by atoms with Gasteiger partial charge in [0, 0.05) is 64.2 Å². The minimum absolute atomic E-state index is 0.133. The van der Waals surface area contributed by atoms with E-state index in [9.17, 15) is 19.2 Å². The quantitative estimate of drug-likeness (QED) is 0.0592. The third-order valence-electron chi connectivity index (χ3n) is 6.20. The van der Waals surface area contributed by atoms with Gasteiger partial charge in [-0.2, -0.15) is 0 Å². The van der Waals surface area contributed by atoms with E-state index in [0.717, 1.165) is 0 Å². The van der Waals surface area contributed by atoms with Crippen LogP contribution in [0.15, 0.2) is 5.11 Å². The van der Waals surface area contributed by atoms with Gasteiger partial charge in [-0.1, -0.05) is 12.0 Å². The van der Waals surface area contributed by atoms with Gasteiger partial charge in [-0.3, -0.25) is 19.2 Å². The molecule has 15 nitrogen and oxygen atoms in total. The lowest BCUT2D eigenvalue weighted by Gasteiger charge is -2.44. The first kappa shape index (κ1) is 37.2. The van der Waals surface area contributed by atoms with Crippen LogP contribution in [0.25, 0.3) is 10.4 Å². The van der Waals surface area contributed by atoms with Crippen molar-refractivity contribution < 1.29 is 52.3 Å². The molecule has 0 bridgehead atoms. The molecule has 1 heterocycles. The number of nitrogens with one attached hydrogen (secondary N) is 1. The van der Waals surface area contributed by atoms with E-state index in [2.05, 4.69) is 15.3 Å². The zero-order valence-electron chi connectivity index (χ0n) is 25.1. The van der Waals surface area contributed by atoms with Gasteiger partial charge in [0.05, 0.1) is 39.1 Å². The average Bonchev–Trinajstić information content (AvgIpc) is 2.93. The summed E-state index contributed by atoms with van der Waals surface area (Å²) in [6, 6.07) is -0.601. The smallest absolute Gasteiger partial charge is 0.303 e. The topological polar surface area (TPSA) is 194 Å². The van der Waals surface area contributed by atoms with E-state index in [4.69, 9.17) is 38.7 Å². The van der Waals surface area contributed by atoms with Crippen LogP contribution in [0.4, 0.5) is 0 Å². The maximum atomic E-state index is 12.2. The second kappa shape index (κ2) is 22.7. The highest BCUT2D eigenvalue weighted by Crippen LogP contribution is 2.30. The molecule has 42 heavy (non-hydrogen) atoms. The number of nitrogens with zero attached hydrogens (tertiary/aromatic N) is 3. The monoisotopic (exact) mass is 602 g/mol. The first-order valence-electron chi connectivity index (χ1n) is 14.3. The van der Waals surface area contributed by atoms with Crippen LogP contribution < -0.4 is 5.32 Å². The molecule has 1 N–H and O–H groups in total. The molecule has 0 aromatic rings. The zero-order valence-corrected chi connectivity index (χ0v) is 25.1. The van der Waals surface area contributed by atoms with Gasteiger partial charge in [-0.25, -0.2) is 0 Å². The van der Waals surface area contributed by atoms with Gasteiger partial charge >= 0.3 is 11.9 Å². The molecular weight excluding hydrogens is 556 g/mol. The number of carbonyl (C=O) groups excluding carboxylic acids is 4. The average molecular weight is 603 g/mol. The van der Waals surface area contributed by atoms with Gasteiger partial charge in [0.15, 0.2) is 6.29 Å². The van der Waals surface area contributed by atoms with Gasteiger partial charge in [0.25, 0.3) is 0 Å². The summed E-state index contributed by atoms with van der Waals surface area (Å²) in [6.07, 6.45) is 0.289. The van der Waals surface area contributed by atoms with Crippen molar-refractivity contribution in [2.75, 3.05) is 59.4 Å². The second-order valence-corrected chi connectivity index (χ2v) is 9.77. The molecule has 1 amide bonds. The van der Waals surface area contributed by atoms with E-state index in [-0.39, 0.29) is 30.8 Å². The molecular formula is C27H46N4O11. The Labute approximate surface area is 246 Å². The van der Waals surface area contributed by atoms with Gasteiger partial charge in [0.1, 0.15) is 24.6 Å². The van der Waals surface area contributed by atoms with Crippen LogP contribution in [0, 0.1) is 5.92 Å². The highest BCUT2D eigenvalue weighted by molar-refractivity contribution is 5.78. The summed E-state index contributed by atoms with van der Waals surface area (Å²) in [4.78, 5) is 49.7. The number of Topliss-reactive ketones (excluding diaryl/α,β-unsaturated/α-hetero) is 1. The SMILES string of the molecule is CC(=O)NC1C(OCCCCC(=O)CCCOCCOCCOCCN=[N+]=[N-])OC(COC(C)=O)C(OC(C)=O)C1C. The van der Waals surface area contributed by atoms with Crippen LogP contribution in [-0.4, -0.2) is 108 Å². The van der Waals surface area contributed by atoms with Crippen molar-refractivity contribution in [1.82, 2.24) is 5.32 Å². The van der Waals surface area contributed by atoms with Crippen LogP contribution in [-0.2, 0) is 52.3 Å². The Morgan fingerprint density at radius 2 is 1.50 bits per heavy atom. The van der Waals surface area contributed by atoms with E-state index < -0.39 is 36.5 Å². The highest BCUT2D eigenvalue weighted by atomic mass is 16.7. The van der Waals surface area contributed by atoms with E-state index in [1.807, 2.05) is 0 Å². The molecule has 1 rings (SSSR count). The molecule has 1 saturated heterocycles. The van der Waals surface area contributed by atoms with Crippen LogP contribution in [0.2, 0.25) is 0 Å². The first-order valence-corrected chi connectivity index (χ1v) is 14.3. The Morgan fingerprint density at radius 3 is 2.12 bits per heavy atom. The standard InChI is InChI=1S/C27H46N4O11/c1-19-25(30-20(2)32)27(42-24(18-40-21(3)33)26(19)41-22(4)34)39-12-6-5-8-23(35)9-7-11-36-14-16-38-17-15-37-13-10-29-31-28/h19,24-27H,5-18H2,1-4H3,(H,30,32). The maximum Gasteiger partial charge on any atom is 0.303 e. The fourth-order valence-corrected chi connectivity index (χ4v) is 4.22. The van der Waals surface area contributed by atoms with E-state index in [1.165, 1.54) is 20.8 Å². The number of esters is 2. The molecule has 0 aromatic heterocycles. The van der Waals surface area contributed by atoms with Crippen molar-refractivity contribution >= 4 is 23.6 Å². The number of hydrogen-bond acceptors (Lipinski definition) is 12.